The first-order valence-electron chi connectivity index (χ1n) is 7.13. The van der Waals surface area contributed by atoms with Crippen LogP contribution in [0.15, 0.2) is 24.3 Å². The summed E-state index contributed by atoms with van der Waals surface area (Å²) in [5.41, 5.74) is 0.794. The summed E-state index contributed by atoms with van der Waals surface area (Å²) in [4.78, 5) is 12.0. The van der Waals surface area contributed by atoms with Crippen molar-refractivity contribution < 1.29 is 9.53 Å². The summed E-state index contributed by atoms with van der Waals surface area (Å²) >= 11 is 1.79. The van der Waals surface area contributed by atoms with Crippen LogP contribution in [0.1, 0.15) is 43.0 Å². The van der Waals surface area contributed by atoms with Crippen molar-refractivity contribution in [1.29, 1.82) is 0 Å². The van der Waals surface area contributed by atoms with Gasteiger partial charge >= 0.3 is 0 Å². The zero-order valence-corrected chi connectivity index (χ0v) is 12.4. The van der Waals surface area contributed by atoms with E-state index in [9.17, 15) is 4.79 Å². The third-order valence-corrected chi connectivity index (χ3v) is 4.72. The molecule has 0 spiro atoms. The number of hydrogen-bond donors (Lipinski definition) is 0. The molecule has 0 radical (unpaired) electrons. The topological polar surface area (TPSA) is 26.3 Å². The highest BCUT2D eigenvalue weighted by Gasteiger charge is 2.15. The number of hydrogen-bond acceptors (Lipinski definition) is 3. The molecule has 0 amide bonds. The molecule has 0 saturated heterocycles. The number of benzene rings is 1. The van der Waals surface area contributed by atoms with Gasteiger partial charge in [0.2, 0.25) is 0 Å². The molecule has 1 aliphatic rings. The van der Waals surface area contributed by atoms with Gasteiger partial charge in [-0.05, 0) is 55.7 Å². The molecule has 0 aromatic heterocycles. The van der Waals surface area contributed by atoms with Gasteiger partial charge in [-0.3, -0.25) is 4.79 Å². The maximum atomic E-state index is 12.0. The minimum absolute atomic E-state index is 0.228. The van der Waals surface area contributed by atoms with Crippen LogP contribution in [0.5, 0.6) is 5.75 Å². The Morgan fingerprint density at radius 1 is 1.26 bits per heavy atom. The fourth-order valence-corrected chi connectivity index (χ4v) is 3.62. The lowest BCUT2D eigenvalue weighted by atomic mass is 10.1. The molecule has 1 aromatic carbocycles. The second kappa shape index (κ2) is 7.59. The molecule has 0 atom stereocenters. The van der Waals surface area contributed by atoms with Gasteiger partial charge in [-0.25, -0.2) is 0 Å². The molecular weight excluding hydrogens is 256 g/mol. The lowest BCUT2D eigenvalue weighted by Gasteiger charge is -2.08. The first-order valence-corrected chi connectivity index (χ1v) is 8.29. The molecule has 0 heterocycles. The monoisotopic (exact) mass is 278 g/mol. The smallest absolute Gasteiger partial charge is 0.172 e. The Morgan fingerprint density at radius 2 is 1.95 bits per heavy atom. The van der Waals surface area contributed by atoms with Crippen molar-refractivity contribution in [3.8, 4) is 5.75 Å². The fraction of sp³-hybridized carbons (Fsp3) is 0.562. The lowest BCUT2D eigenvalue weighted by Crippen LogP contribution is -2.05. The molecule has 104 valence electrons. The number of carbonyl (C=O) groups excluding carboxylic acids is 1. The van der Waals surface area contributed by atoms with Gasteiger partial charge in [-0.2, -0.15) is 11.8 Å². The summed E-state index contributed by atoms with van der Waals surface area (Å²) in [6, 6.07) is 7.48. The van der Waals surface area contributed by atoms with Gasteiger partial charge in [0.25, 0.3) is 0 Å². The zero-order chi connectivity index (χ0) is 13.5. The molecule has 1 aliphatic carbocycles. The number of thioether (sulfide) groups is 1. The fourth-order valence-electron chi connectivity index (χ4n) is 2.48. The van der Waals surface area contributed by atoms with Crippen molar-refractivity contribution in [2.75, 3.05) is 18.1 Å². The molecular formula is C16H22O2S. The van der Waals surface area contributed by atoms with E-state index in [1.807, 2.05) is 31.2 Å². The maximum absolute atomic E-state index is 12.0. The lowest BCUT2D eigenvalue weighted by molar-refractivity contribution is 0.102. The molecule has 1 aromatic rings. The second-order valence-electron chi connectivity index (χ2n) is 5.05. The maximum Gasteiger partial charge on any atom is 0.172 e. The highest BCUT2D eigenvalue weighted by Crippen LogP contribution is 2.28. The first-order chi connectivity index (χ1) is 9.29. The minimum atomic E-state index is 0.228. The van der Waals surface area contributed by atoms with E-state index in [4.69, 9.17) is 4.74 Å². The third kappa shape index (κ3) is 4.57. The van der Waals surface area contributed by atoms with Gasteiger partial charge in [-0.15, -0.1) is 0 Å². The van der Waals surface area contributed by atoms with Crippen LogP contribution in [-0.2, 0) is 0 Å². The Bertz CT molecular complexity index is 394. The Morgan fingerprint density at radius 3 is 2.58 bits per heavy atom. The summed E-state index contributed by atoms with van der Waals surface area (Å²) in [6.07, 6.45) is 5.45. The van der Waals surface area contributed by atoms with Crippen molar-refractivity contribution in [2.45, 2.75) is 32.6 Å². The van der Waals surface area contributed by atoms with Crippen LogP contribution in [0.25, 0.3) is 0 Å². The van der Waals surface area contributed by atoms with Gasteiger partial charge in [0.05, 0.1) is 12.4 Å². The van der Waals surface area contributed by atoms with E-state index in [2.05, 4.69) is 0 Å². The van der Waals surface area contributed by atoms with Crippen molar-refractivity contribution in [3.63, 3.8) is 0 Å². The number of Topliss-reactive ketones (excluding diaryl/α,β-unsaturated/α-hetero) is 1. The highest BCUT2D eigenvalue weighted by molar-refractivity contribution is 7.99. The normalized spacial score (nSPS) is 15.6. The summed E-state index contributed by atoms with van der Waals surface area (Å²) in [5.74, 6) is 3.65. The Kier molecular flexibility index (Phi) is 5.77. The molecule has 19 heavy (non-hydrogen) atoms. The zero-order valence-electron chi connectivity index (χ0n) is 11.6. The summed E-state index contributed by atoms with van der Waals surface area (Å²) in [7, 11) is 0. The molecule has 1 fully saturated rings. The molecule has 2 nitrogen and oxygen atoms in total. The van der Waals surface area contributed by atoms with E-state index < -0.39 is 0 Å². The molecule has 1 saturated carbocycles. The van der Waals surface area contributed by atoms with Gasteiger partial charge in [-0.1, -0.05) is 12.8 Å². The molecule has 3 heteroatoms. The molecule has 0 unspecified atom stereocenters. The van der Waals surface area contributed by atoms with Crippen LogP contribution in [0.3, 0.4) is 0 Å². The van der Waals surface area contributed by atoms with Crippen molar-refractivity contribution in [2.24, 2.45) is 5.92 Å². The molecule has 0 bridgehead atoms. The second-order valence-corrected chi connectivity index (χ2v) is 6.08. The average Bonchev–Trinajstić information content (AvgIpc) is 2.93. The van der Waals surface area contributed by atoms with Crippen LogP contribution in [0.4, 0.5) is 0 Å². The predicted octanol–water partition coefficient (Wildman–Crippen LogP) is 4.19. The van der Waals surface area contributed by atoms with Crippen molar-refractivity contribution in [3.05, 3.63) is 29.8 Å². The van der Waals surface area contributed by atoms with Crippen molar-refractivity contribution in [1.82, 2.24) is 0 Å². The van der Waals surface area contributed by atoms with Crippen LogP contribution in [0.2, 0.25) is 0 Å². The van der Waals surface area contributed by atoms with Crippen LogP contribution in [0, 0.1) is 5.92 Å². The summed E-state index contributed by atoms with van der Waals surface area (Å²) in [6.45, 7) is 2.61. The summed E-state index contributed by atoms with van der Waals surface area (Å²) < 4.78 is 5.37. The summed E-state index contributed by atoms with van der Waals surface area (Å²) in [5, 5.41) is 0. The number of rotatable bonds is 7. The van der Waals surface area contributed by atoms with Gasteiger partial charge < -0.3 is 4.74 Å². The van der Waals surface area contributed by atoms with Crippen LogP contribution < -0.4 is 4.74 Å². The quantitative estimate of drug-likeness (QED) is 0.699. The van der Waals surface area contributed by atoms with Gasteiger partial charge in [0, 0.05) is 5.56 Å². The van der Waals surface area contributed by atoms with E-state index in [0.717, 1.165) is 23.0 Å². The number of ether oxygens (including phenoxy) is 1. The van der Waals surface area contributed by atoms with Gasteiger partial charge in [0.1, 0.15) is 5.75 Å². The SMILES string of the molecule is CCOc1ccc(C(=O)CSCC2CCCC2)cc1. The average molecular weight is 278 g/mol. The first kappa shape index (κ1) is 14.4. The van der Waals surface area contributed by atoms with Crippen molar-refractivity contribution >= 4 is 17.5 Å². The Labute approximate surface area is 119 Å². The molecule has 0 N–H and O–H groups in total. The van der Waals surface area contributed by atoms with E-state index in [1.54, 1.807) is 11.8 Å². The predicted molar refractivity (Wildman–Crippen MR) is 81.2 cm³/mol. The van der Waals surface area contributed by atoms with E-state index in [-0.39, 0.29) is 5.78 Å². The van der Waals surface area contributed by atoms with Crippen LogP contribution in [-0.4, -0.2) is 23.9 Å². The van der Waals surface area contributed by atoms with E-state index >= 15 is 0 Å². The minimum Gasteiger partial charge on any atom is -0.494 e. The largest absolute Gasteiger partial charge is 0.494 e. The Balaban J connectivity index is 1.75. The van der Waals surface area contributed by atoms with E-state index in [1.165, 1.54) is 25.7 Å². The number of ketones is 1. The van der Waals surface area contributed by atoms with Gasteiger partial charge in [0.15, 0.2) is 5.78 Å². The highest BCUT2D eigenvalue weighted by atomic mass is 32.2. The Hall–Kier alpha value is -0.960. The standard InChI is InChI=1S/C16H22O2S/c1-2-18-15-9-7-14(8-10-15)16(17)12-19-11-13-5-3-4-6-13/h7-10,13H,2-6,11-12H2,1H3. The third-order valence-electron chi connectivity index (χ3n) is 3.55. The number of carbonyl (C=O) groups is 1. The van der Waals surface area contributed by atoms with E-state index in [0.29, 0.717) is 12.4 Å². The molecule has 2 rings (SSSR count). The van der Waals surface area contributed by atoms with Crippen LogP contribution >= 0.6 is 11.8 Å². The molecule has 0 aliphatic heterocycles.